The summed E-state index contributed by atoms with van der Waals surface area (Å²) in [6.45, 7) is 1.32. The first-order valence-corrected chi connectivity index (χ1v) is 11.3. The maximum Gasteiger partial charge on any atom is 0.414 e. The Bertz CT molecular complexity index is 1090. The summed E-state index contributed by atoms with van der Waals surface area (Å²) in [5.74, 6) is 0.800. The third kappa shape index (κ3) is 3.56. The van der Waals surface area contributed by atoms with Gasteiger partial charge in [0, 0.05) is 31.9 Å². The van der Waals surface area contributed by atoms with Gasteiger partial charge in [0.05, 0.1) is 15.9 Å². The Balaban J connectivity index is 1.47. The Hall–Kier alpha value is -2.87. The first kappa shape index (κ1) is 19.1. The molecular formula is C22H25N5O2S. The molecule has 2 aromatic heterocycles. The number of aromatic nitrogens is 2. The van der Waals surface area contributed by atoms with Crippen LogP contribution < -0.4 is 15.5 Å². The summed E-state index contributed by atoms with van der Waals surface area (Å²) in [4.78, 5) is 25.8. The summed E-state index contributed by atoms with van der Waals surface area (Å²) in [6, 6.07) is 8.09. The number of nitrogens with two attached hydrogens (primary N) is 1. The van der Waals surface area contributed by atoms with Crippen LogP contribution in [-0.4, -0.2) is 42.3 Å². The molecule has 3 heterocycles. The van der Waals surface area contributed by atoms with Gasteiger partial charge in [-0.2, -0.15) is 0 Å². The molecule has 0 atom stereocenters. The number of amides is 1. The maximum absolute atomic E-state index is 13.0. The molecule has 8 heteroatoms. The van der Waals surface area contributed by atoms with Gasteiger partial charge in [-0.15, -0.1) is 0 Å². The molecule has 1 aliphatic carbocycles. The van der Waals surface area contributed by atoms with E-state index in [0.717, 1.165) is 65.1 Å². The number of nitrogens with zero attached hydrogens (tertiary/aromatic N) is 4. The van der Waals surface area contributed by atoms with Crippen molar-refractivity contribution in [3.05, 3.63) is 30.5 Å². The molecule has 1 fully saturated rings. The second-order valence-electron chi connectivity index (χ2n) is 8.02. The molecule has 0 bridgehead atoms. The molecule has 1 aromatic carbocycles. The third-order valence-corrected chi connectivity index (χ3v) is 6.78. The minimum absolute atomic E-state index is 0.0321. The van der Waals surface area contributed by atoms with Crippen LogP contribution >= 0.6 is 11.3 Å². The number of pyridine rings is 1. The van der Waals surface area contributed by atoms with Crippen molar-refractivity contribution in [2.45, 2.75) is 38.2 Å². The minimum Gasteiger partial charge on any atom is -0.446 e. The number of thiazole rings is 1. The number of hydrogen-bond acceptors (Lipinski definition) is 7. The Morgan fingerprint density at radius 1 is 1.17 bits per heavy atom. The summed E-state index contributed by atoms with van der Waals surface area (Å²) in [5.41, 5.74) is 9.51. The molecule has 156 valence electrons. The lowest BCUT2D eigenvalue weighted by Gasteiger charge is -2.35. The Labute approximate surface area is 179 Å². The summed E-state index contributed by atoms with van der Waals surface area (Å²) in [5, 5.41) is 0.559. The van der Waals surface area contributed by atoms with Crippen LogP contribution in [0.5, 0.6) is 0 Å². The molecule has 3 aromatic rings. The second-order valence-corrected chi connectivity index (χ2v) is 9.08. The van der Waals surface area contributed by atoms with E-state index in [-0.39, 0.29) is 12.2 Å². The fraction of sp³-hybridized carbons (Fsp3) is 0.409. The average Bonchev–Trinajstić information content (AvgIpc) is 3.13. The number of benzene rings is 1. The van der Waals surface area contributed by atoms with E-state index in [9.17, 15) is 4.79 Å². The van der Waals surface area contributed by atoms with E-state index >= 15 is 0 Å². The molecular weight excluding hydrogens is 398 g/mol. The highest BCUT2D eigenvalue weighted by molar-refractivity contribution is 7.22. The van der Waals surface area contributed by atoms with Gasteiger partial charge in [-0.25, -0.2) is 14.8 Å². The number of hydrogen-bond donors (Lipinski definition) is 1. The molecule has 1 amide bonds. The van der Waals surface area contributed by atoms with E-state index in [1.54, 1.807) is 4.90 Å². The summed E-state index contributed by atoms with van der Waals surface area (Å²) in [6.07, 6.45) is 7.04. The highest BCUT2D eigenvalue weighted by Gasteiger charge is 2.30. The van der Waals surface area contributed by atoms with E-state index in [1.807, 2.05) is 31.4 Å². The molecule has 0 radical (unpaired) electrons. The molecule has 5 rings (SSSR count). The topological polar surface area (TPSA) is 84.6 Å². The molecule has 0 spiro atoms. The van der Waals surface area contributed by atoms with Crippen LogP contribution in [0.3, 0.4) is 0 Å². The van der Waals surface area contributed by atoms with Crippen molar-refractivity contribution in [3.63, 3.8) is 0 Å². The van der Waals surface area contributed by atoms with Crippen molar-refractivity contribution in [3.8, 4) is 11.1 Å². The van der Waals surface area contributed by atoms with Crippen LogP contribution in [0.1, 0.15) is 32.1 Å². The monoisotopic (exact) mass is 423 g/mol. The quantitative estimate of drug-likeness (QED) is 0.645. The Morgan fingerprint density at radius 2 is 2.00 bits per heavy atom. The van der Waals surface area contributed by atoms with Gasteiger partial charge >= 0.3 is 6.09 Å². The van der Waals surface area contributed by atoms with Crippen LogP contribution in [0, 0.1) is 0 Å². The molecule has 1 saturated carbocycles. The number of rotatable bonds is 2. The molecule has 30 heavy (non-hydrogen) atoms. The third-order valence-electron chi connectivity index (χ3n) is 5.94. The summed E-state index contributed by atoms with van der Waals surface area (Å²) in [7, 11) is 2.00. The number of carbonyl (C=O) groups excluding carboxylic acids is 1. The van der Waals surface area contributed by atoms with Gasteiger partial charge in [-0.05, 0) is 49.4 Å². The predicted molar refractivity (Wildman–Crippen MR) is 121 cm³/mol. The normalized spacial score (nSPS) is 17.2. The second kappa shape index (κ2) is 7.75. The first-order valence-electron chi connectivity index (χ1n) is 10.4. The zero-order valence-electron chi connectivity index (χ0n) is 17.0. The van der Waals surface area contributed by atoms with Crippen LogP contribution in [0.4, 0.5) is 21.4 Å². The Kier molecular flexibility index (Phi) is 4.94. The minimum atomic E-state index is -0.263. The smallest absolute Gasteiger partial charge is 0.414 e. The van der Waals surface area contributed by atoms with Gasteiger partial charge in [0.15, 0.2) is 10.9 Å². The van der Waals surface area contributed by atoms with Gasteiger partial charge in [0.2, 0.25) is 0 Å². The van der Waals surface area contributed by atoms with Gasteiger partial charge < -0.3 is 15.4 Å². The lowest BCUT2D eigenvalue weighted by molar-refractivity contribution is 0.0808. The van der Waals surface area contributed by atoms with E-state index in [0.29, 0.717) is 11.7 Å². The summed E-state index contributed by atoms with van der Waals surface area (Å²) < 4.78 is 6.88. The Morgan fingerprint density at radius 3 is 2.83 bits per heavy atom. The molecule has 0 saturated heterocycles. The largest absolute Gasteiger partial charge is 0.446 e. The van der Waals surface area contributed by atoms with Crippen LogP contribution in [-0.2, 0) is 4.74 Å². The lowest BCUT2D eigenvalue weighted by atomic mass is 9.98. The zero-order valence-corrected chi connectivity index (χ0v) is 17.8. The fourth-order valence-corrected chi connectivity index (χ4v) is 5.05. The standard InChI is InChI=1S/C22H25N5O2S/c1-26-9-10-27(22(28)29-16-5-3-2-4-6-16)18-11-15(13-24-20(18)26)14-7-8-17-19(12-14)30-21(23)25-17/h7-8,11-13,16H,2-6,9-10H2,1H3,(H2,23,25). The van der Waals surface area contributed by atoms with Gasteiger partial charge in [-0.1, -0.05) is 23.8 Å². The van der Waals surface area contributed by atoms with Gasteiger partial charge in [0.1, 0.15) is 6.10 Å². The van der Waals surface area contributed by atoms with Crippen LogP contribution in [0.15, 0.2) is 30.5 Å². The van der Waals surface area contributed by atoms with Crippen LogP contribution in [0.2, 0.25) is 0 Å². The van der Waals surface area contributed by atoms with Crippen molar-refractivity contribution in [2.24, 2.45) is 0 Å². The number of ether oxygens (including phenoxy) is 1. The van der Waals surface area contributed by atoms with E-state index in [2.05, 4.69) is 20.9 Å². The highest BCUT2D eigenvalue weighted by Crippen LogP contribution is 2.36. The van der Waals surface area contributed by atoms with Crippen molar-refractivity contribution in [1.82, 2.24) is 9.97 Å². The molecule has 2 aliphatic rings. The maximum atomic E-state index is 13.0. The summed E-state index contributed by atoms with van der Waals surface area (Å²) >= 11 is 1.47. The predicted octanol–water partition coefficient (Wildman–Crippen LogP) is 4.67. The van der Waals surface area contributed by atoms with E-state index < -0.39 is 0 Å². The first-order chi connectivity index (χ1) is 14.6. The number of fused-ring (bicyclic) bond motifs is 2. The number of nitrogen functional groups attached to an aromatic ring is 1. The number of anilines is 3. The van der Waals surface area contributed by atoms with Gasteiger partial charge in [0.25, 0.3) is 0 Å². The highest BCUT2D eigenvalue weighted by atomic mass is 32.1. The van der Waals surface area contributed by atoms with Crippen molar-refractivity contribution >= 4 is 44.3 Å². The van der Waals surface area contributed by atoms with Crippen molar-refractivity contribution in [2.75, 3.05) is 35.7 Å². The molecule has 2 N–H and O–H groups in total. The molecule has 0 unspecified atom stereocenters. The van der Waals surface area contributed by atoms with Crippen molar-refractivity contribution < 1.29 is 9.53 Å². The molecule has 1 aliphatic heterocycles. The van der Waals surface area contributed by atoms with Crippen molar-refractivity contribution in [1.29, 1.82) is 0 Å². The number of carbonyl (C=O) groups is 1. The fourth-order valence-electron chi connectivity index (χ4n) is 4.27. The number of likely N-dealkylation sites (N-methyl/N-ethyl adjacent to an activating group) is 1. The zero-order chi connectivity index (χ0) is 20.7. The average molecular weight is 424 g/mol. The lowest BCUT2D eigenvalue weighted by Crippen LogP contribution is -2.44. The van der Waals surface area contributed by atoms with Gasteiger partial charge in [-0.3, -0.25) is 4.90 Å². The molecule has 7 nitrogen and oxygen atoms in total. The van der Waals surface area contributed by atoms with Crippen LogP contribution in [0.25, 0.3) is 21.3 Å². The van der Waals surface area contributed by atoms with E-state index in [1.165, 1.54) is 17.8 Å². The SMILES string of the molecule is CN1CCN(C(=O)OC2CCCCC2)c2cc(-c3ccc4nc(N)sc4c3)cnc21. The van der Waals surface area contributed by atoms with E-state index in [4.69, 9.17) is 10.5 Å².